The van der Waals surface area contributed by atoms with Gasteiger partial charge in [0.1, 0.15) is 0 Å². The maximum atomic E-state index is 9.21. The Kier molecular flexibility index (Phi) is 4.35. The van der Waals surface area contributed by atoms with Crippen LogP contribution < -0.4 is 5.32 Å². The summed E-state index contributed by atoms with van der Waals surface area (Å²) in [6, 6.07) is 1.47. The first-order chi connectivity index (χ1) is 6.54. The van der Waals surface area contributed by atoms with Gasteiger partial charge in [-0.2, -0.15) is 0 Å². The fourth-order valence-electron chi connectivity index (χ4n) is 2.07. The molecule has 0 saturated carbocycles. The van der Waals surface area contributed by atoms with Crippen LogP contribution in [-0.4, -0.2) is 48.3 Å². The number of hydrogen-bond acceptors (Lipinski definition) is 3. The Balaban J connectivity index is 2.37. The van der Waals surface area contributed by atoms with Gasteiger partial charge in [-0.3, -0.25) is 0 Å². The summed E-state index contributed by atoms with van der Waals surface area (Å²) >= 11 is 0. The molecule has 0 aliphatic carbocycles. The van der Waals surface area contributed by atoms with E-state index in [0.717, 1.165) is 6.54 Å². The monoisotopic (exact) mass is 200 g/mol. The van der Waals surface area contributed by atoms with Crippen molar-refractivity contribution in [3.05, 3.63) is 0 Å². The molecule has 0 spiro atoms. The molecule has 1 heterocycles. The largest absolute Gasteiger partial charge is 0.395 e. The van der Waals surface area contributed by atoms with E-state index in [0.29, 0.717) is 18.0 Å². The maximum Gasteiger partial charge on any atom is 0.0587 e. The molecular formula is C11H24N2O. The van der Waals surface area contributed by atoms with Crippen molar-refractivity contribution in [1.29, 1.82) is 0 Å². The van der Waals surface area contributed by atoms with Gasteiger partial charge in [0, 0.05) is 24.7 Å². The van der Waals surface area contributed by atoms with Crippen LogP contribution in [0.5, 0.6) is 0 Å². The van der Waals surface area contributed by atoms with Crippen molar-refractivity contribution in [3.63, 3.8) is 0 Å². The first kappa shape index (κ1) is 12.0. The summed E-state index contributed by atoms with van der Waals surface area (Å²) in [4.78, 5) is 2.37. The Hall–Kier alpha value is -0.120. The molecule has 1 saturated heterocycles. The van der Waals surface area contributed by atoms with Crippen molar-refractivity contribution >= 4 is 0 Å². The normalized spacial score (nSPS) is 31.3. The van der Waals surface area contributed by atoms with E-state index < -0.39 is 0 Å². The molecule has 1 aliphatic heterocycles. The smallest absolute Gasteiger partial charge is 0.0587 e. The highest BCUT2D eigenvalue weighted by Crippen LogP contribution is 2.16. The van der Waals surface area contributed by atoms with E-state index in [4.69, 9.17) is 0 Å². The zero-order valence-electron chi connectivity index (χ0n) is 9.83. The maximum absolute atomic E-state index is 9.21. The Bertz CT molecular complexity index is 163. The molecule has 0 radical (unpaired) electrons. The van der Waals surface area contributed by atoms with Crippen LogP contribution in [0.4, 0.5) is 0 Å². The van der Waals surface area contributed by atoms with Crippen molar-refractivity contribution in [3.8, 4) is 0 Å². The molecule has 0 aromatic rings. The molecule has 0 aromatic carbocycles. The fourth-order valence-corrected chi connectivity index (χ4v) is 2.07. The number of nitrogens with zero attached hydrogens (tertiary/aromatic N) is 1. The van der Waals surface area contributed by atoms with E-state index in [2.05, 4.69) is 38.0 Å². The predicted molar refractivity (Wildman–Crippen MR) is 59.3 cm³/mol. The van der Waals surface area contributed by atoms with Gasteiger partial charge in [-0.25, -0.2) is 0 Å². The Labute approximate surface area is 87.5 Å². The Morgan fingerprint density at radius 1 is 1.50 bits per heavy atom. The second kappa shape index (κ2) is 5.10. The van der Waals surface area contributed by atoms with Gasteiger partial charge in [0.2, 0.25) is 0 Å². The number of rotatable bonds is 4. The molecule has 1 fully saturated rings. The van der Waals surface area contributed by atoms with Crippen LogP contribution in [0.1, 0.15) is 27.2 Å². The van der Waals surface area contributed by atoms with E-state index in [9.17, 15) is 5.11 Å². The highest BCUT2D eigenvalue weighted by atomic mass is 16.3. The van der Waals surface area contributed by atoms with Gasteiger partial charge in [-0.1, -0.05) is 13.8 Å². The quantitative estimate of drug-likeness (QED) is 0.701. The number of likely N-dealkylation sites (tertiary alicyclic amines) is 1. The SMILES string of the molecule is CC(C)[C@@H](CO)NC1CC(C)N(C)C1. The fraction of sp³-hybridized carbons (Fsp3) is 1.00. The van der Waals surface area contributed by atoms with E-state index in [-0.39, 0.29) is 12.6 Å². The lowest BCUT2D eigenvalue weighted by molar-refractivity contribution is 0.199. The molecule has 0 bridgehead atoms. The zero-order chi connectivity index (χ0) is 10.7. The van der Waals surface area contributed by atoms with Crippen molar-refractivity contribution < 1.29 is 5.11 Å². The summed E-state index contributed by atoms with van der Waals surface area (Å²) in [5, 5.41) is 12.7. The first-order valence-electron chi connectivity index (χ1n) is 5.61. The number of aliphatic hydroxyl groups excluding tert-OH is 1. The third kappa shape index (κ3) is 2.94. The first-order valence-corrected chi connectivity index (χ1v) is 5.61. The third-order valence-electron chi connectivity index (χ3n) is 3.34. The molecule has 14 heavy (non-hydrogen) atoms. The molecule has 0 aromatic heterocycles. The highest BCUT2D eigenvalue weighted by molar-refractivity contribution is 4.87. The molecule has 84 valence electrons. The standard InChI is InChI=1S/C11H24N2O/c1-8(2)11(7-14)12-10-5-9(3)13(4)6-10/h8-12,14H,5-7H2,1-4H3/t9?,10?,11-/m1/s1. The van der Waals surface area contributed by atoms with E-state index in [1.807, 2.05) is 0 Å². The molecule has 3 nitrogen and oxygen atoms in total. The van der Waals surface area contributed by atoms with Crippen LogP contribution in [0.15, 0.2) is 0 Å². The van der Waals surface area contributed by atoms with E-state index in [1.165, 1.54) is 6.42 Å². The molecule has 2 unspecified atom stereocenters. The average Bonchev–Trinajstić information content (AvgIpc) is 2.41. The number of hydrogen-bond donors (Lipinski definition) is 2. The third-order valence-corrected chi connectivity index (χ3v) is 3.34. The predicted octanol–water partition coefficient (Wildman–Crippen LogP) is 0.685. The van der Waals surface area contributed by atoms with Crippen molar-refractivity contribution in [2.75, 3.05) is 20.2 Å². The van der Waals surface area contributed by atoms with Gasteiger partial charge in [0.05, 0.1) is 6.61 Å². The minimum atomic E-state index is 0.242. The highest BCUT2D eigenvalue weighted by Gasteiger charge is 2.28. The molecule has 2 N–H and O–H groups in total. The molecule has 3 heteroatoms. The number of nitrogens with one attached hydrogen (secondary N) is 1. The molecule has 1 rings (SSSR count). The van der Waals surface area contributed by atoms with Crippen molar-refractivity contribution in [2.45, 2.75) is 45.3 Å². The number of likely N-dealkylation sites (N-methyl/N-ethyl adjacent to an activating group) is 1. The van der Waals surface area contributed by atoms with Crippen molar-refractivity contribution in [2.24, 2.45) is 5.92 Å². The second-order valence-electron chi connectivity index (χ2n) is 4.92. The topological polar surface area (TPSA) is 35.5 Å². The lowest BCUT2D eigenvalue weighted by Gasteiger charge is -2.24. The van der Waals surface area contributed by atoms with Gasteiger partial charge in [-0.05, 0) is 26.3 Å². The van der Waals surface area contributed by atoms with Gasteiger partial charge < -0.3 is 15.3 Å². The lowest BCUT2D eigenvalue weighted by Crippen LogP contribution is -2.44. The lowest BCUT2D eigenvalue weighted by atomic mass is 10.0. The summed E-state index contributed by atoms with van der Waals surface area (Å²) in [6.07, 6.45) is 1.19. The van der Waals surface area contributed by atoms with Gasteiger partial charge in [0.15, 0.2) is 0 Å². The second-order valence-corrected chi connectivity index (χ2v) is 4.92. The van der Waals surface area contributed by atoms with Crippen LogP contribution in [0.25, 0.3) is 0 Å². The summed E-state index contributed by atoms with van der Waals surface area (Å²) in [5.41, 5.74) is 0. The summed E-state index contributed by atoms with van der Waals surface area (Å²) < 4.78 is 0. The van der Waals surface area contributed by atoms with Gasteiger partial charge >= 0.3 is 0 Å². The van der Waals surface area contributed by atoms with E-state index in [1.54, 1.807) is 0 Å². The molecule has 0 amide bonds. The molecule has 1 aliphatic rings. The van der Waals surface area contributed by atoms with Crippen LogP contribution >= 0.6 is 0 Å². The summed E-state index contributed by atoms with van der Waals surface area (Å²) in [7, 11) is 2.16. The molecular weight excluding hydrogens is 176 g/mol. The van der Waals surface area contributed by atoms with Crippen LogP contribution in [0, 0.1) is 5.92 Å². The van der Waals surface area contributed by atoms with Crippen LogP contribution in [0.2, 0.25) is 0 Å². The Morgan fingerprint density at radius 2 is 2.14 bits per heavy atom. The minimum Gasteiger partial charge on any atom is -0.395 e. The van der Waals surface area contributed by atoms with Gasteiger partial charge in [-0.15, -0.1) is 0 Å². The Morgan fingerprint density at radius 3 is 2.50 bits per heavy atom. The number of aliphatic hydroxyl groups is 1. The van der Waals surface area contributed by atoms with E-state index >= 15 is 0 Å². The average molecular weight is 200 g/mol. The van der Waals surface area contributed by atoms with Crippen LogP contribution in [-0.2, 0) is 0 Å². The molecule has 3 atom stereocenters. The summed E-state index contributed by atoms with van der Waals surface area (Å²) in [5.74, 6) is 0.501. The van der Waals surface area contributed by atoms with Crippen LogP contribution in [0.3, 0.4) is 0 Å². The van der Waals surface area contributed by atoms with Crippen molar-refractivity contribution in [1.82, 2.24) is 10.2 Å². The zero-order valence-corrected chi connectivity index (χ0v) is 9.83. The minimum absolute atomic E-state index is 0.242. The summed E-state index contributed by atoms with van der Waals surface area (Å²) in [6.45, 7) is 7.90. The van der Waals surface area contributed by atoms with Gasteiger partial charge in [0.25, 0.3) is 0 Å².